The minimum absolute atomic E-state index is 0.0811. The molecular weight excluding hydrogens is 562 g/mol. The first kappa shape index (κ1) is 27.0. The van der Waals surface area contributed by atoms with Crippen molar-refractivity contribution < 1.29 is 14.3 Å². The summed E-state index contributed by atoms with van der Waals surface area (Å²) in [6.07, 6.45) is 0.779. The van der Waals surface area contributed by atoms with Crippen molar-refractivity contribution in [2.24, 2.45) is 0 Å². The van der Waals surface area contributed by atoms with E-state index < -0.39 is 0 Å². The topological polar surface area (TPSA) is 79.5 Å². The van der Waals surface area contributed by atoms with Gasteiger partial charge in [-0.05, 0) is 69.6 Å². The normalized spacial score (nSPS) is 10.3. The third-order valence-corrected chi connectivity index (χ3v) is 6.45. The van der Waals surface area contributed by atoms with E-state index in [2.05, 4.69) is 44.0 Å². The molecule has 0 heterocycles. The first-order valence-electron chi connectivity index (χ1n) is 12.0. The Hall–Kier alpha value is -4.01. The molecule has 0 fully saturated rings. The molecule has 0 saturated heterocycles. The third-order valence-electron chi connectivity index (χ3n) is 5.63. The van der Waals surface area contributed by atoms with Gasteiger partial charge in [-0.1, -0.05) is 72.8 Å². The monoisotopic (exact) mass is 587 g/mol. The molecule has 0 saturated carbocycles. The zero-order valence-corrected chi connectivity index (χ0v) is 22.8. The van der Waals surface area contributed by atoms with Crippen molar-refractivity contribution in [1.29, 1.82) is 0 Å². The molecule has 0 unspecified atom stereocenters. The fourth-order valence-electron chi connectivity index (χ4n) is 3.68. The van der Waals surface area contributed by atoms with Gasteiger partial charge in [-0.3, -0.25) is 14.9 Å². The molecule has 0 atom stereocenters. The molecule has 4 aromatic rings. The van der Waals surface area contributed by atoms with Gasteiger partial charge in [0.1, 0.15) is 5.75 Å². The molecule has 0 bridgehead atoms. The second-order valence-electron chi connectivity index (χ2n) is 8.35. The number of halogens is 1. The second-order valence-corrected chi connectivity index (χ2v) is 9.61. The lowest BCUT2D eigenvalue weighted by Crippen LogP contribution is -2.35. The number of carbonyl (C=O) groups excluding carboxylic acids is 2. The van der Waals surface area contributed by atoms with Crippen LogP contribution in [-0.4, -0.2) is 23.5 Å². The van der Waals surface area contributed by atoms with E-state index in [1.807, 2.05) is 48.5 Å². The molecule has 0 aliphatic carbocycles. The van der Waals surface area contributed by atoms with Crippen molar-refractivity contribution in [3.63, 3.8) is 0 Å². The average molecular weight is 589 g/mol. The van der Waals surface area contributed by atoms with E-state index in [1.165, 1.54) is 5.56 Å². The summed E-state index contributed by atoms with van der Waals surface area (Å²) in [5.74, 6) is 0.0107. The van der Waals surface area contributed by atoms with Crippen LogP contribution in [0.4, 0.5) is 5.69 Å². The third kappa shape index (κ3) is 7.74. The predicted molar refractivity (Wildman–Crippen MR) is 158 cm³/mol. The Bertz CT molecular complexity index is 1410. The number of amides is 2. The molecule has 0 radical (unpaired) electrons. The molecule has 0 aliphatic heterocycles. The van der Waals surface area contributed by atoms with Crippen molar-refractivity contribution >= 4 is 50.8 Å². The molecule has 8 heteroatoms. The lowest BCUT2D eigenvalue weighted by molar-refractivity contribution is 0.0950. The number of carbonyl (C=O) groups is 2. The molecule has 192 valence electrons. The van der Waals surface area contributed by atoms with E-state index in [4.69, 9.17) is 17.0 Å². The summed E-state index contributed by atoms with van der Waals surface area (Å²) in [6, 6.07) is 31.8. The SMILES string of the molecule is O=C(NC(=S)Nc1ccccc1C(=O)NCc1ccccc1)c1ccc(OCCc2ccccc2)c(Br)c1. The van der Waals surface area contributed by atoms with Crippen LogP contribution >= 0.6 is 28.1 Å². The number of hydrogen-bond acceptors (Lipinski definition) is 4. The van der Waals surface area contributed by atoms with Gasteiger partial charge in [0, 0.05) is 18.5 Å². The van der Waals surface area contributed by atoms with Crippen LogP contribution in [0.25, 0.3) is 0 Å². The minimum Gasteiger partial charge on any atom is -0.492 e. The lowest BCUT2D eigenvalue weighted by atomic mass is 10.1. The molecule has 4 rings (SSSR count). The van der Waals surface area contributed by atoms with Gasteiger partial charge < -0.3 is 15.4 Å². The highest BCUT2D eigenvalue weighted by molar-refractivity contribution is 9.10. The summed E-state index contributed by atoms with van der Waals surface area (Å²) in [4.78, 5) is 25.6. The van der Waals surface area contributed by atoms with Gasteiger partial charge in [-0.25, -0.2) is 0 Å². The number of anilines is 1. The molecule has 0 aliphatic rings. The van der Waals surface area contributed by atoms with Crippen molar-refractivity contribution in [1.82, 2.24) is 10.6 Å². The van der Waals surface area contributed by atoms with Crippen LogP contribution in [0.1, 0.15) is 31.8 Å². The Morgan fingerprint density at radius 1 is 0.789 bits per heavy atom. The van der Waals surface area contributed by atoms with Gasteiger partial charge in [-0.15, -0.1) is 0 Å². The summed E-state index contributed by atoms with van der Waals surface area (Å²) >= 11 is 8.83. The standard InChI is InChI=1S/C30H26BrN3O3S/c31-25-19-23(15-16-27(25)37-18-17-21-9-3-1-4-10-21)28(35)34-30(38)33-26-14-8-7-13-24(26)29(36)32-20-22-11-5-2-6-12-22/h1-16,19H,17-18,20H2,(H,32,36)(H2,33,34,35,38). The highest BCUT2D eigenvalue weighted by atomic mass is 79.9. The van der Waals surface area contributed by atoms with Crippen LogP contribution in [0.3, 0.4) is 0 Å². The number of hydrogen-bond donors (Lipinski definition) is 3. The quantitative estimate of drug-likeness (QED) is 0.205. The Balaban J connectivity index is 1.31. The number of nitrogens with one attached hydrogen (secondary N) is 3. The number of benzene rings is 4. The Kier molecular flexibility index (Phi) is 9.61. The summed E-state index contributed by atoms with van der Waals surface area (Å²) in [6.45, 7) is 0.913. The summed E-state index contributed by atoms with van der Waals surface area (Å²) in [5, 5.41) is 8.62. The molecule has 0 spiro atoms. The number of para-hydroxylation sites is 1. The predicted octanol–water partition coefficient (Wildman–Crippen LogP) is 6.13. The van der Waals surface area contributed by atoms with Crippen LogP contribution in [0.15, 0.2) is 108 Å². The highest BCUT2D eigenvalue weighted by Gasteiger charge is 2.15. The summed E-state index contributed by atoms with van der Waals surface area (Å²) in [7, 11) is 0. The number of ether oxygens (including phenoxy) is 1. The molecule has 3 N–H and O–H groups in total. The van der Waals surface area contributed by atoms with E-state index in [-0.39, 0.29) is 16.9 Å². The van der Waals surface area contributed by atoms with Crippen molar-refractivity contribution in [2.75, 3.05) is 11.9 Å². The maximum absolute atomic E-state index is 12.8. The van der Waals surface area contributed by atoms with E-state index in [9.17, 15) is 9.59 Å². The first-order valence-corrected chi connectivity index (χ1v) is 13.2. The Morgan fingerprint density at radius 2 is 1.45 bits per heavy atom. The minimum atomic E-state index is -0.384. The first-order chi connectivity index (χ1) is 18.5. The maximum Gasteiger partial charge on any atom is 0.257 e. The van der Waals surface area contributed by atoms with Gasteiger partial charge in [0.25, 0.3) is 11.8 Å². The van der Waals surface area contributed by atoms with E-state index in [0.717, 1.165) is 12.0 Å². The molecular formula is C30H26BrN3O3S. The van der Waals surface area contributed by atoms with Gasteiger partial charge >= 0.3 is 0 Å². The van der Waals surface area contributed by atoms with Crippen LogP contribution in [0.5, 0.6) is 5.75 Å². The van der Waals surface area contributed by atoms with Crippen LogP contribution in [-0.2, 0) is 13.0 Å². The van der Waals surface area contributed by atoms with Crippen molar-refractivity contribution in [3.8, 4) is 5.75 Å². The smallest absolute Gasteiger partial charge is 0.257 e. The average Bonchev–Trinajstić information content (AvgIpc) is 2.94. The highest BCUT2D eigenvalue weighted by Crippen LogP contribution is 2.26. The molecule has 6 nitrogen and oxygen atoms in total. The van der Waals surface area contributed by atoms with Gasteiger partial charge in [0.05, 0.1) is 22.3 Å². The van der Waals surface area contributed by atoms with Gasteiger partial charge in [-0.2, -0.15) is 0 Å². The summed E-state index contributed by atoms with van der Waals surface area (Å²) in [5.41, 5.74) is 3.50. The van der Waals surface area contributed by atoms with E-state index >= 15 is 0 Å². The molecule has 2 amide bonds. The number of rotatable bonds is 9. The van der Waals surface area contributed by atoms with Crippen LogP contribution < -0.4 is 20.7 Å². The van der Waals surface area contributed by atoms with E-state index in [1.54, 1.807) is 42.5 Å². The molecule has 0 aromatic heterocycles. The maximum atomic E-state index is 12.8. The van der Waals surface area contributed by atoms with Gasteiger partial charge in [0.2, 0.25) is 0 Å². The number of thiocarbonyl (C=S) groups is 1. The fourth-order valence-corrected chi connectivity index (χ4v) is 4.37. The zero-order valence-electron chi connectivity index (χ0n) is 20.4. The lowest BCUT2D eigenvalue weighted by Gasteiger charge is -2.14. The second kappa shape index (κ2) is 13.5. The molecule has 38 heavy (non-hydrogen) atoms. The van der Waals surface area contributed by atoms with Gasteiger partial charge in [0.15, 0.2) is 5.11 Å². The summed E-state index contributed by atoms with van der Waals surface area (Å²) < 4.78 is 6.53. The Labute approximate surface area is 235 Å². The largest absolute Gasteiger partial charge is 0.492 e. The van der Waals surface area contributed by atoms with Crippen molar-refractivity contribution in [2.45, 2.75) is 13.0 Å². The van der Waals surface area contributed by atoms with Crippen molar-refractivity contribution in [3.05, 3.63) is 130 Å². The Morgan fingerprint density at radius 3 is 2.16 bits per heavy atom. The fraction of sp³-hybridized carbons (Fsp3) is 0.100. The van der Waals surface area contributed by atoms with E-state index in [0.29, 0.717) is 40.2 Å². The zero-order chi connectivity index (χ0) is 26.7. The molecule has 4 aromatic carbocycles. The van der Waals surface area contributed by atoms with Crippen LogP contribution in [0, 0.1) is 0 Å². The van der Waals surface area contributed by atoms with Crippen LogP contribution in [0.2, 0.25) is 0 Å².